The highest BCUT2D eigenvalue weighted by atomic mass is 32.1. The number of fused-ring (bicyclic) bond motifs is 1. The minimum atomic E-state index is -0.102. The molecular formula is C18H20N4O2S. The zero-order valence-electron chi connectivity index (χ0n) is 14.4. The second kappa shape index (κ2) is 7.16. The van der Waals surface area contributed by atoms with Crippen molar-refractivity contribution >= 4 is 27.9 Å². The number of aryl methyl sites for hydroxylation is 2. The Morgan fingerprint density at radius 1 is 1.32 bits per heavy atom. The second-order valence-corrected chi connectivity index (χ2v) is 7.00. The Kier molecular flexibility index (Phi) is 4.96. The van der Waals surface area contributed by atoms with Crippen molar-refractivity contribution < 1.29 is 4.79 Å². The van der Waals surface area contributed by atoms with Gasteiger partial charge >= 0.3 is 0 Å². The van der Waals surface area contributed by atoms with E-state index in [1.165, 1.54) is 21.8 Å². The molecule has 0 fully saturated rings. The maximum absolute atomic E-state index is 12.3. The lowest BCUT2D eigenvalue weighted by atomic mass is 10.1. The predicted octanol–water partition coefficient (Wildman–Crippen LogP) is 2.44. The first-order valence-electron chi connectivity index (χ1n) is 7.94. The Labute approximate surface area is 149 Å². The Bertz CT molecular complexity index is 956. The molecule has 0 atom stereocenters. The first-order chi connectivity index (χ1) is 11.9. The molecule has 130 valence electrons. The number of rotatable bonds is 5. The topological polar surface area (TPSA) is 66.7 Å². The molecule has 1 aromatic carbocycles. The van der Waals surface area contributed by atoms with Crippen LogP contribution in [0.4, 0.5) is 5.69 Å². The van der Waals surface area contributed by atoms with Crippen LogP contribution in [0.25, 0.3) is 4.96 Å². The average Bonchev–Trinajstić information content (AvgIpc) is 3.00. The Balaban J connectivity index is 1.66. The molecule has 0 saturated heterocycles. The van der Waals surface area contributed by atoms with Crippen molar-refractivity contribution in [2.75, 3.05) is 18.9 Å². The first-order valence-corrected chi connectivity index (χ1v) is 8.82. The summed E-state index contributed by atoms with van der Waals surface area (Å²) in [5.41, 5.74) is 3.49. The number of hydrogen-bond acceptors (Lipinski definition) is 5. The van der Waals surface area contributed by atoms with Crippen LogP contribution in [0.3, 0.4) is 0 Å². The van der Waals surface area contributed by atoms with Crippen molar-refractivity contribution in [2.45, 2.75) is 20.4 Å². The van der Waals surface area contributed by atoms with Gasteiger partial charge in [-0.1, -0.05) is 18.2 Å². The van der Waals surface area contributed by atoms with E-state index in [1.807, 2.05) is 49.4 Å². The summed E-state index contributed by atoms with van der Waals surface area (Å²) in [6.07, 6.45) is 1.71. The normalized spacial score (nSPS) is 11.2. The number of carbonyl (C=O) groups excluding carboxylic acids is 1. The van der Waals surface area contributed by atoms with Crippen LogP contribution in [0.2, 0.25) is 0 Å². The SMILES string of the molecule is Cc1cccc(C)c1NC(=O)CN(C)Cc1cc(=O)n2ccsc2n1. The van der Waals surface area contributed by atoms with Gasteiger partial charge in [0.1, 0.15) is 0 Å². The molecule has 3 rings (SSSR count). The molecule has 0 saturated carbocycles. The second-order valence-electron chi connectivity index (χ2n) is 6.13. The van der Waals surface area contributed by atoms with Crippen molar-refractivity contribution in [1.82, 2.24) is 14.3 Å². The summed E-state index contributed by atoms with van der Waals surface area (Å²) in [5.74, 6) is -0.0891. The molecule has 0 aliphatic rings. The lowest BCUT2D eigenvalue weighted by molar-refractivity contribution is -0.117. The standard InChI is InChI=1S/C18H20N4O2S/c1-12-5-4-6-13(2)17(12)20-15(23)11-21(3)10-14-9-16(24)22-7-8-25-18(22)19-14/h4-9H,10-11H2,1-3H3,(H,20,23). The fourth-order valence-electron chi connectivity index (χ4n) is 2.74. The number of amides is 1. The minimum Gasteiger partial charge on any atom is -0.324 e. The van der Waals surface area contributed by atoms with Gasteiger partial charge < -0.3 is 5.32 Å². The highest BCUT2D eigenvalue weighted by Gasteiger charge is 2.12. The Hall–Kier alpha value is -2.51. The third-order valence-electron chi connectivity index (χ3n) is 3.95. The fourth-order valence-corrected chi connectivity index (χ4v) is 3.48. The van der Waals surface area contributed by atoms with Crippen molar-refractivity contribution in [3.63, 3.8) is 0 Å². The number of likely N-dealkylation sites (N-methyl/N-ethyl adjacent to an activating group) is 1. The van der Waals surface area contributed by atoms with Crippen LogP contribution in [0.5, 0.6) is 0 Å². The van der Waals surface area contributed by atoms with Crippen LogP contribution >= 0.6 is 11.3 Å². The van der Waals surface area contributed by atoms with Crippen molar-refractivity contribution in [2.24, 2.45) is 0 Å². The zero-order valence-corrected chi connectivity index (χ0v) is 15.3. The van der Waals surface area contributed by atoms with E-state index in [1.54, 1.807) is 6.20 Å². The molecule has 1 amide bonds. The monoisotopic (exact) mass is 356 g/mol. The van der Waals surface area contributed by atoms with Crippen LogP contribution in [0.1, 0.15) is 16.8 Å². The van der Waals surface area contributed by atoms with Gasteiger partial charge in [0.25, 0.3) is 5.56 Å². The van der Waals surface area contributed by atoms with Gasteiger partial charge in [0, 0.05) is 29.9 Å². The predicted molar refractivity (Wildman–Crippen MR) is 100 cm³/mol. The summed E-state index contributed by atoms with van der Waals surface area (Å²) in [6, 6.07) is 7.43. The lowest BCUT2D eigenvalue weighted by Crippen LogP contribution is -2.31. The number of hydrogen-bond donors (Lipinski definition) is 1. The van der Waals surface area contributed by atoms with E-state index < -0.39 is 0 Å². The molecule has 7 heteroatoms. The molecule has 1 N–H and O–H groups in total. The first kappa shape index (κ1) is 17.3. The van der Waals surface area contributed by atoms with Crippen LogP contribution in [0.15, 0.2) is 40.6 Å². The number of nitrogens with zero attached hydrogens (tertiary/aromatic N) is 3. The highest BCUT2D eigenvalue weighted by Crippen LogP contribution is 2.19. The van der Waals surface area contributed by atoms with Crippen LogP contribution < -0.4 is 10.9 Å². The quantitative estimate of drug-likeness (QED) is 0.762. The number of anilines is 1. The maximum Gasteiger partial charge on any atom is 0.258 e. The summed E-state index contributed by atoms with van der Waals surface area (Å²) >= 11 is 1.42. The summed E-state index contributed by atoms with van der Waals surface area (Å²) < 4.78 is 1.52. The molecule has 0 bridgehead atoms. The number of aromatic nitrogens is 2. The number of para-hydroxylation sites is 1. The van der Waals surface area contributed by atoms with E-state index in [0.717, 1.165) is 16.8 Å². The third kappa shape index (κ3) is 3.94. The van der Waals surface area contributed by atoms with Gasteiger partial charge in [-0.05, 0) is 32.0 Å². The van der Waals surface area contributed by atoms with Crippen LogP contribution in [-0.4, -0.2) is 33.8 Å². The van der Waals surface area contributed by atoms with E-state index in [9.17, 15) is 9.59 Å². The van der Waals surface area contributed by atoms with Gasteiger partial charge in [0.15, 0.2) is 4.96 Å². The van der Waals surface area contributed by atoms with Gasteiger partial charge in [0.2, 0.25) is 5.91 Å². The molecule has 25 heavy (non-hydrogen) atoms. The van der Waals surface area contributed by atoms with Crippen LogP contribution in [-0.2, 0) is 11.3 Å². The lowest BCUT2D eigenvalue weighted by Gasteiger charge is -2.17. The smallest absolute Gasteiger partial charge is 0.258 e. The average molecular weight is 356 g/mol. The number of benzene rings is 1. The van der Waals surface area contributed by atoms with Gasteiger partial charge in [-0.15, -0.1) is 11.3 Å². The Morgan fingerprint density at radius 2 is 2.04 bits per heavy atom. The van der Waals surface area contributed by atoms with Crippen LogP contribution in [0, 0.1) is 13.8 Å². The number of nitrogens with one attached hydrogen (secondary N) is 1. The maximum atomic E-state index is 12.3. The number of carbonyl (C=O) groups is 1. The molecule has 0 aliphatic heterocycles. The largest absolute Gasteiger partial charge is 0.324 e. The number of thiazole rings is 1. The Morgan fingerprint density at radius 3 is 2.76 bits per heavy atom. The van der Waals surface area contributed by atoms with Crippen molar-refractivity contribution in [3.05, 3.63) is 63.0 Å². The molecule has 0 unspecified atom stereocenters. The zero-order chi connectivity index (χ0) is 18.0. The van der Waals surface area contributed by atoms with Gasteiger partial charge in [0.05, 0.1) is 12.2 Å². The molecule has 6 nitrogen and oxygen atoms in total. The van der Waals surface area contributed by atoms with E-state index in [4.69, 9.17) is 0 Å². The van der Waals surface area contributed by atoms with E-state index in [2.05, 4.69) is 10.3 Å². The minimum absolute atomic E-state index is 0.0891. The van der Waals surface area contributed by atoms with E-state index >= 15 is 0 Å². The molecule has 2 aromatic heterocycles. The molecule has 0 spiro atoms. The summed E-state index contributed by atoms with van der Waals surface area (Å²) in [4.78, 5) is 31.3. The molecule has 2 heterocycles. The molecule has 0 aliphatic carbocycles. The third-order valence-corrected chi connectivity index (χ3v) is 4.70. The molecule has 3 aromatic rings. The van der Waals surface area contributed by atoms with Gasteiger partial charge in [-0.25, -0.2) is 4.98 Å². The fraction of sp³-hybridized carbons (Fsp3) is 0.278. The van der Waals surface area contributed by atoms with E-state index in [-0.39, 0.29) is 18.0 Å². The summed E-state index contributed by atoms with van der Waals surface area (Å²) in [5, 5.41) is 4.80. The highest BCUT2D eigenvalue weighted by molar-refractivity contribution is 7.15. The van der Waals surface area contributed by atoms with E-state index in [0.29, 0.717) is 17.2 Å². The summed E-state index contributed by atoms with van der Waals surface area (Å²) in [7, 11) is 1.84. The molecular weight excluding hydrogens is 336 g/mol. The van der Waals surface area contributed by atoms with Gasteiger partial charge in [-0.3, -0.25) is 18.9 Å². The van der Waals surface area contributed by atoms with Gasteiger partial charge in [-0.2, -0.15) is 0 Å². The summed E-state index contributed by atoms with van der Waals surface area (Å²) in [6.45, 7) is 4.60. The van der Waals surface area contributed by atoms with Crippen molar-refractivity contribution in [3.8, 4) is 0 Å². The molecule has 0 radical (unpaired) electrons. The van der Waals surface area contributed by atoms with Crippen molar-refractivity contribution in [1.29, 1.82) is 0 Å².